The zero-order valence-corrected chi connectivity index (χ0v) is 12.1. The van der Waals surface area contributed by atoms with Crippen LogP contribution in [0.5, 0.6) is 0 Å². The lowest BCUT2D eigenvalue weighted by molar-refractivity contribution is 0.0600. The first-order chi connectivity index (χ1) is 9.67. The van der Waals surface area contributed by atoms with E-state index in [1.165, 1.54) is 7.11 Å². The van der Waals surface area contributed by atoms with Crippen LogP contribution >= 0.6 is 0 Å². The van der Waals surface area contributed by atoms with Gasteiger partial charge in [-0.05, 0) is 29.7 Å². The summed E-state index contributed by atoms with van der Waals surface area (Å²) in [4.78, 5) is 11.4. The zero-order chi connectivity index (χ0) is 15.0. The van der Waals surface area contributed by atoms with Gasteiger partial charge in [0.2, 0.25) is 0 Å². The molecule has 1 rings (SSSR count). The molecule has 0 radical (unpaired) electrons. The van der Waals surface area contributed by atoms with Gasteiger partial charge in [0.25, 0.3) is 0 Å². The summed E-state index contributed by atoms with van der Waals surface area (Å²) in [6.07, 6.45) is 1.73. The second kappa shape index (κ2) is 8.13. The molecule has 0 unspecified atom stereocenters. The lowest BCUT2D eigenvalue weighted by atomic mass is 9.96. The minimum atomic E-state index is -0.366. The summed E-state index contributed by atoms with van der Waals surface area (Å²) in [6, 6.07) is 9.29. The van der Waals surface area contributed by atoms with Crippen molar-refractivity contribution in [3.8, 4) is 6.07 Å². The largest absolute Gasteiger partial charge is 0.465 e. The van der Waals surface area contributed by atoms with Crippen molar-refractivity contribution in [2.24, 2.45) is 0 Å². The number of methoxy groups -OCH3 is 2. The van der Waals surface area contributed by atoms with Crippen molar-refractivity contribution in [3.63, 3.8) is 0 Å². The Morgan fingerprint density at radius 3 is 2.25 bits per heavy atom. The molecule has 106 valence electrons. The summed E-state index contributed by atoms with van der Waals surface area (Å²) in [5.41, 5.74) is 3.03. The number of benzene rings is 1. The number of rotatable bonds is 6. The van der Waals surface area contributed by atoms with Crippen LogP contribution in [0.2, 0.25) is 0 Å². The van der Waals surface area contributed by atoms with E-state index in [0.717, 1.165) is 24.0 Å². The number of nitrogens with zero attached hydrogens (tertiary/aromatic N) is 1. The number of carbonyl (C=O) groups is 1. The van der Waals surface area contributed by atoms with E-state index in [2.05, 4.69) is 17.7 Å². The fourth-order valence-electron chi connectivity index (χ4n) is 1.98. The molecule has 0 spiro atoms. The molecule has 0 saturated heterocycles. The molecule has 4 heteroatoms. The predicted octanol–water partition coefficient (Wildman–Crippen LogP) is 3.20. The van der Waals surface area contributed by atoms with Crippen molar-refractivity contribution >= 4 is 11.5 Å². The highest BCUT2D eigenvalue weighted by molar-refractivity contribution is 5.89. The number of allylic oxidation sites excluding steroid dienone is 1. The van der Waals surface area contributed by atoms with Crippen LogP contribution in [0.4, 0.5) is 0 Å². The molecular weight excluding hydrogens is 254 g/mol. The van der Waals surface area contributed by atoms with Gasteiger partial charge in [-0.3, -0.25) is 0 Å². The molecule has 0 bridgehead atoms. The van der Waals surface area contributed by atoms with E-state index in [0.29, 0.717) is 17.7 Å². The number of nitriles is 1. The Morgan fingerprint density at radius 2 is 1.80 bits per heavy atom. The molecule has 1 aromatic rings. The second-order valence-electron chi connectivity index (χ2n) is 4.32. The van der Waals surface area contributed by atoms with E-state index in [1.807, 2.05) is 12.1 Å². The van der Waals surface area contributed by atoms with Gasteiger partial charge in [0.15, 0.2) is 0 Å². The number of hydrogen-bond acceptors (Lipinski definition) is 4. The van der Waals surface area contributed by atoms with Crippen molar-refractivity contribution < 1.29 is 14.3 Å². The normalized spacial score (nSPS) is 11.5. The molecule has 1 aromatic carbocycles. The monoisotopic (exact) mass is 273 g/mol. The van der Waals surface area contributed by atoms with Gasteiger partial charge < -0.3 is 9.47 Å². The average Bonchev–Trinajstić information content (AvgIpc) is 2.50. The Kier molecular flexibility index (Phi) is 6.48. The smallest absolute Gasteiger partial charge is 0.337 e. The van der Waals surface area contributed by atoms with Crippen molar-refractivity contribution in [1.82, 2.24) is 0 Å². The van der Waals surface area contributed by atoms with Crippen molar-refractivity contribution in [3.05, 3.63) is 41.0 Å². The highest BCUT2D eigenvalue weighted by Crippen LogP contribution is 2.24. The fourth-order valence-corrected chi connectivity index (χ4v) is 1.98. The molecule has 20 heavy (non-hydrogen) atoms. The molecule has 0 aliphatic heterocycles. The first kappa shape index (κ1) is 15.9. The zero-order valence-electron chi connectivity index (χ0n) is 12.1. The van der Waals surface area contributed by atoms with Gasteiger partial charge in [-0.15, -0.1) is 0 Å². The molecule has 0 fully saturated rings. The van der Waals surface area contributed by atoms with E-state index >= 15 is 0 Å². The number of esters is 1. The molecule has 0 heterocycles. The maximum absolute atomic E-state index is 11.4. The maximum Gasteiger partial charge on any atom is 0.337 e. The third kappa shape index (κ3) is 3.94. The number of carbonyl (C=O) groups excluding carboxylic acids is 1. The summed E-state index contributed by atoms with van der Waals surface area (Å²) in [6.45, 7) is 2.36. The van der Waals surface area contributed by atoms with Crippen LogP contribution < -0.4 is 0 Å². The standard InChI is InChI=1S/C16H19NO3/c1-4-5-15(14(10-17)11-19-2)12-6-8-13(9-7-12)16(18)20-3/h6-9H,4-5,11H2,1-3H3/b15-14-. The Hall–Kier alpha value is -2.12. The van der Waals surface area contributed by atoms with Gasteiger partial charge in [0, 0.05) is 7.11 Å². The highest BCUT2D eigenvalue weighted by Gasteiger charge is 2.10. The summed E-state index contributed by atoms with van der Waals surface area (Å²) >= 11 is 0. The van der Waals surface area contributed by atoms with Crippen LogP contribution in [-0.4, -0.2) is 26.8 Å². The average molecular weight is 273 g/mol. The molecule has 0 saturated carbocycles. The lowest BCUT2D eigenvalue weighted by Gasteiger charge is -2.10. The van der Waals surface area contributed by atoms with Crippen molar-refractivity contribution in [2.75, 3.05) is 20.8 Å². The quantitative estimate of drug-likeness (QED) is 0.590. The molecule has 0 N–H and O–H groups in total. The van der Waals surface area contributed by atoms with Crippen molar-refractivity contribution in [1.29, 1.82) is 5.26 Å². The van der Waals surface area contributed by atoms with Gasteiger partial charge in [0.05, 0.1) is 30.9 Å². The van der Waals surface area contributed by atoms with Crippen molar-refractivity contribution in [2.45, 2.75) is 19.8 Å². The van der Waals surface area contributed by atoms with Gasteiger partial charge >= 0.3 is 5.97 Å². The first-order valence-electron chi connectivity index (χ1n) is 6.47. The molecule has 0 atom stereocenters. The van der Waals surface area contributed by atoms with Crippen LogP contribution in [0.25, 0.3) is 5.57 Å². The summed E-state index contributed by atoms with van der Waals surface area (Å²) in [5, 5.41) is 9.23. The van der Waals surface area contributed by atoms with Crippen LogP contribution in [0.1, 0.15) is 35.7 Å². The van der Waals surface area contributed by atoms with E-state index in [9.17, 15) is 10.1 Å². The minimum absolute atomic E-state index is 0.296. The fraction of sp³-hybridized carbons (Fsp3) is 0.375. The van der Waals surface area contributed by atoms with Gasteiger partial charge in [-0.25, -0.2) is 4.79 Å². The molecule has 0 aromatic heterocycles. The second-order valence-corrected chi connectivity index (χ2v) is 4.32. The first-order valence-corrected chi connectivity index (χ1v) is 6.47. The summed E-state index contributed by atoms with van der Waals surface area (Å²) < 4.78 is 9.74. The van der Waals surface area contributed by atoms with Gasteiger partial charge in [-0.1, -0.05) is 25.5 Å². The lowest BCUT2D eigenvalue weighted by Crippen LogP contribution is -2.02. The number of hydrogen-bond donors (Lipinski definition) is 0. The highest BCUT2D eigenvalue weighted by atomic mass is 16.5. The van der Waals surface area contributed by atoms with Crippen LogP contribution in [0.3, 0.4) is 0 Å². The molecular formula is C16H19NO3. The van der Waals surface area contributed by atoms with E-state index in [-0.39, 0.29) is 5.97 Å². The topological polar surface area (TPSA) is 59.3 Å². The Labute approximate surface area is 119 Å². The molecule has 0 amide bonds. The van der Waals surface area contributed by atoms with Gasteiger partial charge in [-0.2, -0.15) is 5.26 Å². The maximum atomic E-state index is 11.4. The molecule has 0 aliphatic carbocycles. The minimum Gasteiger partial charge on any atom is -0.465 e. The van der Waals surface area contributed by atoms with Crippen LogP contribution in [-0.2, 0) is 9.47 Å². The third-order valence-electron chi connectivity index (χ3n) is 2.94. The molecule has 4 nitrogen and oxygen atoms in total. The van der Waals surface area contributed by atoms with E-state index < -0.39 is 0 Å². The van der Waals surface area contributed by atoms with Gasteiger partial charge in [0.1, 0.15) is 0 Å². The SMILES string of the molecule is CCC/C(=C(\C#N)COC)c1ccc(C(=O)OC)cc1. The third-order valence-corrected chi connectivity index (χ3v) is 2.94. The summed E-state index contributed by atoms with van der Waals surface area (Å²) in [7, 11) is 2.92. The van der Waals surface area contributed by atoms with Crippen LogP contribution in [0.15, 0.2) is 29.8 Å². The molecule has 0 aliphatic rings. The van der Waals surface area contributed by atoms with Crippen LogP contribution in [0, 0.1) is 11.3 Å². The Balaban J connectivity index is 3.16. The number of ether oxygens (including phenoxy) is 2. The Bertz CT molecular complexity index is 524. The van der Waals surface area contributed by atoms with E-state index in [4.69, 9.17) is 4.74 Å². The Morgan fingerprint density at radius 1 is 1.20 bits per heavy atom. The summed E-state index contributed by atoms with van der Waals surface area (Å²) in [5.74, 6) is -0.366. The van der Waals surface area contributed by atoms with E-state index in [1.54, 1.807) is 19.2 Å². The predicted molar refractivity (Wildman–Crippen MR) is 77.1 cm³/mol.